The van der Waals surface area contributed by atoms with Gasteiger partial charge in [-0.15, -0.1) is 0 Å². The summed E-state index contributed by atoms with van der Waals surface area (Å²) in [6, 6.07) is 7.23. The number of aryl methyl sites for hydroxylation is 1. The zero-order valence-electron chi connectivity index (χ0n) is 11.7. The molecule has 0 radical (unpaired) electrons. The van der Waals surface area contributed by atoms with E-state index in [1.54, 1.807) is 35.1 Å². The van der Waals surface area contributed by atoms with Gasteiger partial charge in [0.25, 0.3) is 0 Å². The number of hydrogen-bond donors (Lipinski definition) is 1. The summed E-state index contributed by atoms with van der Waals surface area (Å²) in [7, 11) is 0. The van der Waals surface area contributed by atoms with Crippen LogP contribution in [0.15, 0.2) is 36.7 Å². The first kappa shape index (κ1) is 14.9. The van der Waals surface area contributed by atoms with Crippen molar-refractivity contribution < 1.29 is 9.90 Å². The van der Waals surface area contributed by atoms with E-state index in [1.165, 1.54) is 0 Å². The molecule has 0 unspecified atom stereocenters. The van der Waals surface area contributed by atoms with Crippen LogP contribution in [-0.2, 0) is 11.2 Å². The van der Waals surface area contributed by atoms with E-state index in [4.69, 9.17) is 28.3 Å². The molecule has 0 aliphatic carbocycles. The molecule has 0 aliphatic heterocycles. The number of carbonyl (C=O) groups is 1. The molecule has 0 saturated carbocycles. The zero-order valence-corrected chi connectivity index (χ0v) is 13.2. The smallest absolute Gasteiger partial charge is 0.307 e. The van der Waals surface area contributed by atoms with E-state index < -0.39 is 5.97 Å². The highest BCUT2D eigenvalue weighted by molar-refractivity contribution is 6.39. The van der Waals surface area contributed by atoms with Crippen LogP contribution in [0.25, 0.3) is 16.6 Å². The van der Waals surface area contributed by atoms with Crippen LogP contribution < -0.4 is 0 Å². The van der Waals surface area contributed by atoms with Gasteiger partial charge in [-0.2, -0.15) is 5.10 Å². The van der Waals surface area contributed by atoms with Crippen LogP contribution in [0.4, 0.5) is 0 Å². The summed E-state index contributed by atoms with van der Waals surface area (Å²) in [6.07, 6.45) is 3.28. The zero-order chi connectivity index (χ0) is 15.9. The fourth-order valence-electron chi connectivity index (χ4n) is 2.64. The van der Waals surface area contributed by atoms with Gasteiger partial charge in [0.2, 0.25) is 0 Å². The molecule has 4 nitrogen and oxygen atoms in total. The third kappa shape index (κ3) is 2.45. The third-order valence-corrected chi connectivity index (χ3v) is 4.22. The molecule has 2 aromatic heterocycles. The van der Waals surface area contributed by atoms with Crippen molar-refractivity contribution in [2.24, 2.45) is 0 Å². The molecule has 6 heteroatoms. The Kier molecular flexibility index (Phi) is 3.81. The van der Waals surface area contributed by atoms with Crippen molar-refractivity contribution in [2.45, 2.75) is 13.3 Å². The van der Waals surface area contributed by atoms with Crippen molar-refractivity contribution >= 4 is 34.7 Å². The number of carboxylic acid groups (broad SMARTS) is 1. The number of aromatic nitrogens is 2. The summed E-state index contributed by atoms with van der Waals surface area (Å²) in [5, 5.41) is 14.3. The van der Waals surface area contributed by atoms with Crippen LogP contribution in [0.2, 0.25) is 10.0 Å². The van der Waals surface area contributed by atoms with E-state index >= 15 is 0 Å². The molecule has 0 aliphatic rings. The molecule has 0 spiro atoms. The van der Waals surface area contributed by atoms with Crippen molar-refractivity contribution in [1.82, 2.24) is 9.61 Å². The Morgan fingerprint density at radius 3 is 2.59 bits per heavy atom. The van der Waals surface area contributed by atoms with E-state index in [2.05, 4.69) is 5.10 Å². The van der Waals surface area contributed by atoms with Gasteiger partial charge in [0, 0.05) is 27.4 Å². The van der Waals surface area contributed by atoms with Crippen molar-refractivity contribution in [3.05, 3.63) is 57.8 Å². The van der Waals surface area contributed by atoms with Gasteiger partial charge >= 0.3 is 5.97 Å². The summed E-state index contributed by atoms with van der Waals surface area (Å²) < 4.78 is 1.67. The minimum absolute atomic E-state index is 0.0793. The summed E-state index contributed by atoms with van der Waals surface area (Å²) >= 11 is 12.6. The molecular weight excluding hydrogens is 323 g/mol. The number of hydrogen-bond acceptors (Lipinski definition) is 2. The lowest BCUT2D eigenvalue weighted by Crippen LogP contribution is -2.01. The van der Waals surface area contributed by atoms with Crippen molar-refractivity contribution in [3.63, 3.8) is 0 Å². The number of carboxylic acids is 1. The molecule has 1 N–H and O–H groups in total. The predicted molar refractivity (Wildman–Crippen MR) is 86.7 cm³/mol. The van der Waals surface area contributed by atoms with Gasteiger partial charge in [-0.1, -0.05) is 29.3 Å². The van der Waals surface area contributed by atoms with Gasteiger partial charge < -0.3 is 5.11 Å². The SMILES string of the molecule is Cc1c(-c2c(Cl)cccc2Cl)ccn2ncc(CC(=O)O)c12. The van der Waals surface area contributed by atoms with Crippen LogP contribution in [0.3, 0.4) is 0 Å². The predicted octanol–water partition coefficient (Wildman–Crippen LogP) is 4.24. The summed E-state index contributed by atoms with van der Waals surface area (Å²) in [5.41, 5.74) is 3.95. The van der Waals surface area contributed by atoms with Crippen molar-refractivity contribution in [1.29, 1.82) is 0 Å². The second kappa shape index (κ2) is 5.63. The number of halogens is 2. The fourth-order valence-corrected chi connectivity index (χ4v) is 3.24. The van der Waals surface area contributed by atoms with Gasteiger partial charge in [0.15, 0.2) is 0 Å². The van der Waals surface area contributed by atoms with Crippen LogP contribution >= 0.6 is 23.2 Å². The van der Waals surface area contributed by atoms with E-state index in [-0.39, 0.29) is 6.42 Å². The topological polar surface area (TPSA) is 54.6 Å². The normalized spacial score (nSPS) is 11.0. The monoisotopic (exact) mass is 334 g/mol. The standard InChI is InChI=1S/C16H12Cl2N2O2/c1-9-11(15-12(17)3-2-4-13(15)18)5-6-20-16(9)10(8-19-20)7-14(21)22/h2-6,8H,7H2,1H3,(H,21,22). The fraction of sp³-hybridized carbons (Fsp3) is 0.125. The summed E-state index contributed by atoms with van der Waals surface area (Å²) in [5.74, 6) is -0.893. The highest BCUT2D eigenvalue weighted by Crippen LogP contribution is 2.37. The molecule has 0 bridgehead atoms. The largest absolute Gasteiger partial charge is 0.481 e. The van der Waals surface area contributed by atoms with E-state index in [0.717, 1.165) is 22.2 Å². The van der Waals surface area contributed by atoms with Gasteiger partial charge in [-0.3, -0.25) is 4.79 Å². The van der Waals surface area contributed by atoms with Gasteiger partial charge in [-0.25, -0.2) is 4.52 Å². The highest BCUT2D eigenvalue weighted by Gasteiger charge is 2.16. The molecule has 0 atom stereocenters. The molecule has 0 fully saturated rings. The molecule has 3 aromatic rings. The number of rotatable bonds is 3. The Labute approximate surface area is 136 Å². The Morgan fingerprint density at radius 1 is 1.27 bits per heavy atom. The minimum atomic E-state index is -0.893. The van der Waals surface area contributed by atoms with E-state index in [1.807, 2.05) is 13.0 Å². The van der Waals surface area contributed by atoms with Crippen molar-refractivity contribution in [3.8, 4) is 11.1 Å². The maximum Gasteiger partial charge on any atom is 0.307 e. The first-order valence-corrected chi connectivity index (χ1v) is 7.36. The van der Waals surface area contributed by atoms with Gasteiger partial charge in [-0.05, 0) is 36.2 Å². The Balaban J connectivity index is 2.28. The lowest BCUT2D eigenvalue weighted by atomic mass is 9.99. The van der Waals surface area contributed by atoms with Crippen LogP contribution in [0.5, 0.6) is 0 Å². The molecule has 0 saturated heterocycles. The summed E-state index contributed by atoms with van der Waals surface area (Å²) in [6.45, 7) is 1.91. The van der Waals surface area contributed by atoms with Gasteiger partial charge in [0.05, 0.1) is 18.1 Å². The number of nitrogens with zero attached hydrogens (tertiary/aromatic N) is 2. The molecular formula is C16H12Cl2N2O2. The molecule has 0 amide bonds. The molecule has 1 aromatic carbocycles. The highest BCUT2D eigenvalue weighted by atomic mass is 35.5. The number of aliphatic carboxylic acids is 1. The maximum atomic E-state index is 11.0. The summed E-state index contributed by atoms with van der Waals surface area (Å²) in [4.78, 5) is 11.0. The van der Waals surface area contributed by atoms with E-state index in [0.29, 0.717) is 15.6 Å². The number of benzene rings is 1. The first-order chi connectivity index (χ1) is 10.5. The number of fused-ring (bicyclic) bond motifs is 1. The van der Waals surface area contributed by atoms with Crippen LogP contribution in [0.1, 0.15) is 11.1 Å². The van der Waals surface area contributed by atoms with Crippen LogP contribution in [0, 0.1) is 6.92 Å². The lowest BCUT2D eigenvalue weighted by molar-refractivity contribution is -0.136. The molecule has 22 heavy (non-hydrogen) atoms. The maximum absolute atomic E-state index is 11.0. The Hall–Kier alpha value is -2.04. The van der Waals surface area contributed by atoms with Gasteiger partial charge in [0.1, 0.15) is 0 Å². The second-order valence-corrected chi connectivity index (χ2v) is 5.80. The first-order valence-electron chi connectivity index (χ1n) is 6.61. The minimum Gasteiger partial charge on any atom is -0.481 e. The average Bonchev–Trinajstić information content (AvgIpc) is 2.84. The second-order valence-electron chi connectivity index (χ2n) is 4.98. The van der Waals surface area contributed by atoms with Crippen LogP contribution in [-0.4, -0.2) is 20.7 Å². The van der Waals surface area contributed by atoms with Crippen molar-refractivity contribution in [2.75, 3.05) is 0 Å². The average molecular weight is 335 g/mol. The molecule has 112 valence electrons. The lowest BCUT2D eigenvalue weighted by Gasteiger charge is -2.12. The molecule has 2 heterocycles. The quantitative estimate of drug-likeness (QED) is 0.779. The Bertz CT molecular complexity index is 867. The van der Waals surface area contributed by atoms with E-state index in [9.17, 15) is 4.79 Å². The number of pyridine rings is 1. The molecule has 3 rings (SSSR count). The Morgan fingerprint density at radius 2 is 1.95 bits per heavy atom. The third-order valence-electron chi connectivity index (χ3n) is 3.59.